The molecule has 0 aliphatic heterocycles. The van der Waals surface area contributed by atoms with Crippen LogP contribution in [0, 0.1) is 11.7 Å². The van der Waals surface area contributed by atoms with Crippen LogP contribution in [0.25, 0.3) is 5.69 Å². The Morgan fingerprint density at radius 1 is 1.40 bits per heavy atom. The van der Waals surface area contributed by atoms with Crippen molar-refractivity contribution in [2.45, 2.75) is 19.9 Å². The van der Waals surface area contributed by atoms with Crippen molar-refractivity contribution in [3.63, 3.8) is 0 Å². The Labute approximate surface area is 116 Å². The van der Waals surface area contributed by atoms with E-state index in [1.807, 2.05) is 0 Å². The van der Waals surface area contributed by atoms with Gasteiger partial charge in [0.15, 0.2) is 0 Å². The van der Waals surface area contributed by atoms with Crippen LogP contribution in [0.4, 0.5) is 10.1 Å². The molecule has 0 fully saturated rings. The van der Waals surface area contributed by atoms with Gasteiger partial charge in [0.25, 0.3) is 0 Å². The number of aromatic nitrogens is 2. The zero-order chi connectivity index (χ0) is 14.7. The normalized spacial score (nSPS) is 13.8. The summed E-state index contributed by atoms with van der Waals surface area (Å²) in [5, 5.41) is 6.74. The third-order valence-electron chi connectivity index (χ3n) is 3.15. The number of benzene rings is 1. The van der Waals surface area contributed by atoms with Crippen molar-refractivity contribution in [3.05, 3.63) is 42.5 Å². The van der Waals surface area contributed by atoms with E-state index in [4.69, 9.17) is 5.73 Å². The number of nitrogens with zero attached hydrogens (tertiary/aromatic N) is 2. The fraction of sp³-hybridized carbons (Fsp3) is 0.286. The molecule has 1 aromatic carbocycles. The number of nitrogens with one attached hydrogen (secondary N) is 1. The molecule has 0 radical (unpaired) electrons. The predicted octanol–water partition coefficient (Wildman–Crippen LogP) is 1.93. The van der Waals surface area contributed by atoms with Crippen molar-refractivity contribution in [2.75, 3.05) is 5.32 Å². The third kappa shape index (κ3) is 3.03. The maximum absolute atomic E-state index is 13.6. The van der Waals surface area contributed by atoms with Gasteiger partial charge in [-0.3, -0.25) is 4.79 Å². The lowest BCUT2D eigenvalue weighted by molar-refractivity contribution is -0.119. The van der Waals surface area contributed by atoms with Crippen molar-refractivity contribution in [2.24, 2.45) is 11.7 Å². The Hall–Kier alpha value is -2.21. The summed E-state index contributed by atoms with van der Waals surface area (Å²) < 4.78 is 15.0. The van der Waals surface area contributed by atoms with E-state index in [1.165, 1.54) is 16.9 Å². The Kier molecular flexibility index (Phi) is 4.14. The SMILES string of the molecule is CC(N)C(C)C(=O)Nc1cnn(-c2ccccc2F)c1. The summed E-state index contributed by atoms with van der Waals surface area (Å²) in [7, 11) is 0. The predicted molar refractivity (Wildman–Crippen MR) is 75.0 cm³/mol. The number of amides is 1. The first-order chi connectivity index (χ1) is 9.49. The number of rotatable bonds is 4. The van der Waals surface area contributed by atoms with E-state index in [1.54, 1.807) is 38.2 Å². The van der Waals surface area contributed by atoms with Gasteiger partial charge in [0.05, 0.1) is 24.0 Å². The minimum absolute atomic E-state index is 0.187. The first-order valence-electron chi connectivity index (χ1n) is 6.35. The Morgan fingerprint density at radius 2 is 2.10 bits per heavy atom. The average Bonchev–Trinajstić information content (AvgIpc) is 2.86. The molecule has 0 spiro atoms. The highest BCUT2D eigenvalue weighted by molar-refractivity contribution is 5.92. The maximum atomic E-state index is 13.6. The molecule has 3 N–H and O–H groups in total. The number of hydrogen-bond donors (Lipinski definition) is 2. The molecule has 2 aromatic rings. The number of halogens is 1. The molecule has 106 valence electrons. The van der Waals surface area contributed by atoms with Crippen LogP contribution in [0.3, 0.4) is 0 Å². The monoisotopic (exact) mass is 276 g/mol. The van der Waals surface area contributed by atoms with Gasteiger partial charge >= 0.3 is 0 Å². The number of anilines is 1. The van der Waals surface area contributed by atoms with Crippen LogP contribution in [-0.4, -0.2) is 21.7 Å². The molecule has 2 rings (SSSR count). The molecular formula is C14H17FN4O. The highest BCUT2D eigenvalue weighted by Crippen LogP contribution is 2.15. The molecule has 1 aromatic heterocycles. The summed E-state index contributed by atoms with van der Waals surface area (Å²) in [5.74, 6) is -0.877. The van der Waals surface area contributed by atoms with Gasteiger partial charge in [0.1, 0.15) is 11.5 Å². The van der Waals surface area contributed by atoms with Crippen LogP contribution in [0.1, 0.15) is 13.8 Å². The first kappa shape index (κ1) is 14.2. The minimum atomic E-state index is -0.377. The van der Waals surface area contributed by atoms with Gasteiger partial charge < -0.3 is 11.1 Å². The van der Waals surface area contributed by atoms with E-state index in [2.05, 4.69) is 10.4 Å². The number of hydrogen-bond acceptors (Lipinski definition) is 3. The van der Waals surface area contributed by atoms with Gasteiger partial charge in [0.2, 0.25) is 5.91 Å². The molecule has 20 heavy (non-hydrogen) atoms. The van der Waals surface area contributed by atoms with Crippen molar-refractivity contribution in [1.82, 2.24) is 9.78 Å². The molecule has 6 heteroatoms. The molecule has 2 atom stereocenters. The molecule has 0 aliphatic carbocycles. The van der Waals surface area contributed by atoms with E-state index in [0.29, 0.717) is 11.4 Å². The van der Waals surface area contributed by atoms with E-state index in [0.717, 1.165) is 0 Å². The zero-order valence-electron chi connectivity index (χ0n) is 11.4. The van der Waals surface area contributed by atoms with Crippen LogP contribution < -0.4 is 11.1 Å². The lowest BCUT2D eigenvalue weighted by Gasteiger charge is -2.14. The Morgan fingerprint density at radius 3 is 2.75 bits per heavy atom. The smallest absolute Gasteiger partial charge is 0.228 e. The van der Waals surface area contributed by atoms with E-state index >= 15 is 0 Å². The molecule has 2 unspecified atom stereocenters. The van der Waals surface area contributed by atoms with Crippen LogP contribution in [0.2, 0.25) is 0 Å². The van der Waals surface area contributed by atoms with Crippen molar-refractivity contribution in [3.8, 4) is 5.69 Å². The van der Waals surface area contributed by atoms with E-state index < -0.39 is 0 Å². The second-order valence-electron chi connectivity index (χ2n) is 4.76. The largest absolute Gasteiger partial charge is 0.327 e. The highest BCUT2D eigenvalue weighted by atomic mass is 19.1. The summed E-state index contributed by atoms with van der Waals surface area (Å²) in [4.78, 5) is 11.9. The van der Waals surface area contributed by atoms with E-state index in [-0.39, 0.29) is 23.7 Å². The summed E-state index contributed by atoms with van der Waals surface area (Å²) in [6, 6.07) is 6.05. The van der Waals surface area contributed by atoms with Gasteiger partial charge in [-0.2, -0.15) is 5.10 Å². The standard InChI is InChI=1S/C14H17FN4O/c1-9(10(2)16)14(20)18-11-7-17-19(8-11)13-6-4-3-5-12(13)15/h3-10H,16H2,1-2H3,(H,18,20). The number of carbonyl (C=O) groups excluding carboxylic acids is 1. The summed E-state index contributed by atoms with van der Waals surface area (Å²) in [6.45, 7) is 3.52. The molecule has 0 saturated heterocycles. The fourth-order valence-corrected chi connectivity index (χ4v) is 1.65. The molecule has 0 bridgehead atoms. The third-order valence-corrected chi connectivity index (χ3v) is 3.15. The van der Waals surface area contributed by atoms with Crippen LogP contribution in [0.5, 0.6) is 0 Å². The van der Waals surface area contributed by atoms with E-state index in [9.17, 15) is 9.18 Å². The van der Waals surface area contributed by atoms with Crippen molar-refractivity contribution in [1.29, 1.82) is 0 Å². The molecule has 0 saturated carbocycles. The van der Waals surface area contributed by atoms with Gasteiger partial charge in [-0.15, -0.1) is 0 Å². The maximum Gasteiger partial charge on any atom is 0.228 e. The first-order valence-corrected chi connectivity index (χ1v) is 6.35. The topological polar surface area (TPSA) is 72.9 Å². The molecule has 5 nitrogen and oxygen atoms in total. The molecule has 1 amide bonds. The van der Waals surface area contributed by atoms with Gasteiger partial charge in [0, 0.05) is 6.04 Å². The number of para-hydroxylation sites is 1. The van der Waals surface area contributed by atoms with Gasteiger partial charge in [-0.05, 0) is 19.1 Å². The number of nitrogens with two attached hydrogens (primary N) is 1. The van der Waals surface area contributed by atoms with Gasteiger partial charge in [-0.1, -0.05) is 19.1 Å². The average molecular weight is 276 g/mol. The Bertz CT molecular complexity index is 609. The lowest BCUT2D eigenvalue weighted by atomic mass is 10.0. The molecular weight excluding hydrogens is 259 g/mol. The van der Waals surface area contributed by atoms with Crippen molar-refractivity contribution >= 4 is 11.6 Å². The molecule has 1 heterocycles. The fourth-order valence-electron chi connectivity index (χ4n) is 1.65. The summed E-state index contributed by atoms with van der Waals surface area (Å²) >= 11 is 0. The zero-order valence-corrected chi connectivity index (χ0v) is 11.4. The number of carbonyl (C=O) groups is 1. The Balaban J connectivity index is 2.14. The van der Waals surface area contributed by atoms with Gasteiger partial charge in [-0.25, -0.2) is 9.07 Å². The lowest BCUT2D eigenvalue weighted by Crippen LogP contribution is -2.34. The van der Waals surface area contributed by atoms with Crippen LogP contribution >= 0.6 is 0 Å². The summed E-state index contributed by atoms with van der Waals surface area (Å²) in [6.07, 6.45) is 3.03. The minimum Gasteiger partial charge on any atom is -0.327 e. The second kappa shape index (κ2) is 5.83. The molecule has 0 aliphatic rings. The quantitative estimate of drug-likeness (QED) is 0.896. The van der Waals surface area contributed by atoms with Crippen LogP contribution in [-0.2, 0) is 4.79 Å². The second-order valence-corrected chi connectivity index (χ2v) is 4.76. The van der Waals surface area contributed by atoms with Crippen molar-refractivity contribution < 1.29 is 9.18 Å². The summed E-state index contributed by atoms with van der Waals surface area (Å²) in [5.41, 5.74) is 6.51. The van der Waals surface area contributed by atoms with Crippen LogP contribution in [0.15, 0.2) is 36.7 Å². The highest BCUT2D eigenvalue weighted by Gasteiger charge is 2.17.